The first-order valence-corrected chi connectivity index (χ1v) is 20.0. The number of benzene rings is 8. The molecule has 2 heteroatoms. The summed E-state index contributed by atoms with van der Waals surface area (Å²) in [7, 11) is 0. The second-order valence-electron chi connectivity index (χ2n) is 15.1. The Morgan fingerprint density at radius 2 is 0.772 bits per heavy atom. The number of nitrogens with zero attached hydrogens (tertiary/aromatic N) is 2. The predicted octanol–water partition coefficient (Wildman–Crippen LogP) is 14.5. The second kappa shape index (κ2) is 13.5. The van der Waals surface area contributed by atoms with Gasteiger partial charge in [-0.05, 0) is 135 Å². The number of hydrogen-bond donors (Lipinski definition) is 0. The van der Waals surface area contributed by atoms with Crippen LogP contribution in [0, 0.1) is 0 Å². The highest BCUT2D eigenvalue weighted by Gasteiger charge is 2.51. The molecule has 0 fully saturated rings. The molecule has 0 heterocycles. The lowest BCUT2D eigenvalue weighted by molar-refractivity contribution is 0.794. The van der Waals surface area contributed by atoms with Gasteiger partial charge in [0, 0.05) is 34.1 Å². The maximum absolute atomic E-state index is 2.37. The zero-order chi connectivity index (χ0) is 37.8. The van der Waals surface area contributed by atoms with Gasteiger partial charge in [-0.1, -0.05) is 152 Å². The minimum atomic E-state index is -0.356. The fraction of sp³-hybridized carbons (Fsp3) is 0.0545. The third kappa shape index (κ3) is 5.18. The molecule has 0 aromatic heterocycles. The Balaban J connectivity index is 1.01. The average molecular weight is 729 g/mol. The molecule has 8 aromatic rings. The fourth-order valence-corrected chi connectivity index (χ4v) is 9.74. The normalized spacial score (nSPS) is 14.0. The first kappa shape index (κ1) is 33.2. The largest absolute Gasteiger partial charge is 0.311 e. The molecule has 270 valence electrons. The van der Waals surface area contributed by atoms with Gasteiger partial charge in [-0.15, -0.1) is 0 Å². The highest BCUT2D eigenvalue weighted by molar-refractivity contribution is 6.00. The van der Waals surface area contributed by atoms with Crippen molar-refractivity contribution in [1.29, 1.82) is 0 Å². The van der Waals surface area contributed by atoms with Crippen molar-refractivity contribution < 1.29 is 0 Å². The van der Waals surface area contributed by atoms with Crippen molar-refractivity contribution in [2.24, 2.45) is 0 Å². The molecular weight excluding hydrogens is 689 g/mol. The maximum atomic E-state index is 2.37. The molecule has 0 atom stereocenters. The van der Waals surface area contributed by atoms with E-state index in [2.05, 4.69) is 228 Å². The van der Waals surface area contributed by atoms with Crippen molar-refractivity contribution in [2.75, 3.05) is 9.80 Å². The number of fused-ring (bicyclic) bond motifs is 10. The van der Waals surface area contributed by atoms with E-state index in [1.807, 2.05) is 0 Å². The standard InChI is InChI=1S/C55H40N2/c1-4-17-40(18-5-1)56(41-19-6-2-7-20-41)44-35-37-45(38-36-44)57(42-21-8-3-9-22-42)43-33-31-39(32-34-43)46-26-16-30-53-54(46)49-25-12-15-29-52(49)55(53)50-27-13-10-23-47(50)48-24-11-14-28-51(48)55/h1,3-6,8-38H,2,7H2. The molecule has 1 spiro atoms. The lowest BCUT2D eigenvalue weighted by atomic mass is 9.70. The van der Waals surface area contributed by atoms with Crippen LogP contribution in [0.2, 0.25) is 0 Å². The molecule has 0 N–H and O–H groups in total. The van der Waals surface area contributed by atoms with E-state index in [-0.39, 0.29) is 5.41 Å². The monoisotopic (exact) mass is 728 g/mol. The molecular formula is C55H40N2. The van der Waals surface area contributed by atoms with E-state index in [4.69, 9.17) is 0 Å². The van der Waals surface area contributed by atoms with Crippen LogP contribution in [0.3, 0.4) is 0 Å². The maximum Gasteiger partial charge on any atom is 0.0725 e. The molecule has 3 aliphatic rings. The van der Waals surface area contributed by atoms with E-state index in [0.717, 1.165) is 41.3 Å². The van der Waals surface area contributed by atoms with Crippen LogP contribution in [-0.4, -0.2) is 0 Å². The van der Waals surface area contributed by atoms with Gasteiger partial charge in [0.1, 0.15) is 0 Å². The Bertz CT molecular complexity index is 2790. The van der Waals surface area contributed by atoms with Gasteiger partial charge >= 0.3 is 0 Å². The summed E-state index contributed by atoms with van der Waals surface area (Å²) < 4.78 is 0. The highest BCUT2D eigenvalue weighted by Crippen LogP contribution is 2.64. The van der Waals surface area contributed by atoms with E-state index in [9.17, 15) is 0 Å². The number of anilines is 5. The van der Waals surface area contributed by atoms with E-state index in [1.54, 1.807) is 0 Å². The van der Waals surface area contributed by atoms with Crippen molar-refractivity contribution in [3.8, 4) is 33.4 Å². The SMILES string of the molecule is C1=CC(N(c2ccccc2)c2ccc(N(c3ccccc3)c3ccc(-c4cccc5c4-c4ccccc4C54c5ccccc5-c5ccccc54)cc3)cc2)=CCC1. The van der Waals surface area contributed by atoms with Crippen molar-refractivity contribution in [3.05, 3.63) is 246 Å². The summed E-state index contributed by atoms with van der Waals surface area (Å²) in [6, 6.07) is 73.5. The van der Waals surface area contributed by atoms with Gasteiger partial charge < -0.3 is 9.80 Å². The Kier molecular flexibility index (Phi) is 7.89. The summed E-state index contributed by atoms with van der Waals surface area (Å²) in [5.74, 6) is 0. The quantitative estimate of drug-likeness (QED) is 0.161. The fourth-order valence-electron chi connectivity index (χ4n) is 9.74. The summed E-state index contributed by atoms with van der Waals surface area (Å²) >= 11 is 0. The van der Waals surface area contributed by atoms with Gasteiger partial charge in [0.05, 0.1) is 5.41 Å². The third-order valence-corrected chi connectivity index (χ3v) is 12.1. The van der Waals surface area contributed by atoms with Crippen LogP contribution in [0.1, 0.15) is 35.1 Å². The number of hydrogen-bond acceptors (Lipinski definition) is 2. The first-order valence-electron chi connectivity index (χ1n) is 20.0. The van der Waals surface area contributed by atoms with Crippen LogP contribution in [0.4, 0.5) is 28.4 Å². The number of rotatable bonds is 7. The topological polar surface area (TPSA) is 6.48 Å². The molecule has 2 nitrogen and oxygen atoms in total. The molecule has 57 heavy (non-hydrogen) atoms. The zero-order valence-corrected chi connectivity index (χ0v) is 31.6. The summed E-state index contributed by atoms with van der Waals surface area (Å²) in [6.45, 7) is 0. The van der Waals surface area contributed by atoms with Crippen molar-refractivity contribution >= 4 is 28.4 Å². The van der Waals surface area contributed by atoms with E-state index in [1.165, 1.54) is 61.3 Å². The molecule has 0 saturated heterocycles. The number of para-hydroxylation sites is 2. The third-order valence-electron chi connectivity index (χ3n) is 12.1. The predicted molar refractivity (Wildman–Crippen MR) is 238 cm³/mol. The van der Waals surface area contributed by atoms with Crippen LogP contribution in [-0.2, 0) is 5.41 Å². The molecule has 0 bridgehead atoms. The summed E-state index contributed by atoms with van der Waals surface area (Å²) in [4.78, 5) is 4.71. The van der Waals surface area contributed by atoms with Crippen molar-refractivity contribution in [1.82, 2.24) is 0 Å². The van der Waals surface area contributed by atoms with Crippen LogP contribution < -0.4 is 9.80 Å². The minimum Gasteiger partial charge on any atom is -0.311 e. The van der Waals surface area contributed by atoms with Crippen LogP contribution in [0.25, 0.3) is 33.4 Å². The van der Waals surface area contributed by atoms with Crippen LogP contribution in [0.5, 0.6) is 0 Å². The Labute approximate surface area is 335 Å². The molecule has 3 aliphatic carbocycles. The Morgan fingerprint density at radius 1 is 0.333 bits per heavy atom. The summed E-state index contributed by atoms with van der Waals surface area (Å²) in [5, 5.41) is 0. The van der Waals surface area contributed by atoms with Crippen LogP contribution in [0.15, 0.2) is 224 Å². The first-order chi connectivity index (χ1) is 28.3. The smallest absolute Gasteiger partial charge is 0.0725 e. The van der Waals surface area contributed by atoms with Gasteiger partial charge in [0.2, 0.25) is 0 Å². The Hall–Kier alpha value is -7.16. The van der Waals surface area contributed by atoms with Gasteiger partial charge in [0.15, 0.2) is 0 Å². The van der Waals surface area contributed by atoms with Crippen molar-refractivity contribution in [3.63, 3.8) is 0 Å². The molecule has 0 amide bonds. The lowest BCUT2D eigenvalue weighted by Crippen LogP contribution is -2.25. The molecule has 11 rings (SSSR count). The summed E-state index contributed by atoms with van der Waals surface area (Å²) in [6.07, 6.45) is 8.98. The van der Waals surface area contributed by atoms with E-state index >= 15 is 0 Å². The minimum absolute atomic E-state index is 0.356. The molecule has 0 aliphatic heterocycles. The van der Waals surface area contributed by atoms with E-state index in [0.29, 0.717) is 0 Å². The van der Waals surface area contributed by atoms with E-state index < -0.39 is 0 Å². The molecule has 0 radical (unpaired) electrons. The molecule has 0 saturated carbocycles. The van der Waals surface area contributed by atoms with Gasteiger partial charge in [-0.2, -0.15) is 0 Å². The zero-order valence-electron chi connectivity index (χ0n) is 31.6. The van der Waals surface area contributed by atoms with Crippen molar-refractivity contribution in [2.45, 2.75) is 18.3 Å². The van der Waals surface area contributed by atoms with Crippen LogP contribution >= 0.6 is 0 Å². The van der Waals surface area contributed by atoms with Gasteiger partial charge in [0.25, 0.3) is 0 Å². The second-order valence-corrected chi connectivity index (χ2v) is 15.1. The molecule has 8 aromatic carbocycles. The molecule has 0 unspecified atom stereocenters. The lowest BCUT2D eigenvalue weighted by Gasteiger charge is -2.30. The van der Waals surface area contributed by atoms with Gasteiger partial charge in [-0.25, -0.2) is 0 Å². The highest BCUT2D eigenvalue weighted by atomic mass is 15.2. The van der Waals surface area contributed by atoms with Gasteiger partial charge in [-0.3, -0.25) is 0 Å². The average Bonchev–Trinajstić information content (AvgIpc) is 3.76. The number of allylic oxidation sites excluding steroid dienone is 3. The Morgan fingerprint density at radius 3 is 1.35 bits per heavy atom. The summed E-state index contributed by atoms with van der Waals surface area (Å²) in [5.41, 5.74) is 19.7.